The maximum atomic E-state index is 16.0. The van der Waals surface area contributed by atoms with E-state index < -0.39 is 40.4 Å². The number of hydrogen-bond acceptors (Lipinski definition) is 4. The molecule has 0 unspecified atom stereocenters. The molecule has 1 saturated heterocycles. The van der Waals surface area contributed by atoms with E-state index in [1.165, 1.54) is 18.2 Å². The number of imide groups is 1. The first kappa shape index (κ1) is 31.3. The van der Waals surface area contributed by atoms with Crippen molar-refractivity contribution in [3.8, 4) is 0 Å². The number of Topliss-reactive ketones (excluding diaryl/α,β-unsaturated/α-hetero) is 1. The predicted octanol–water partition coefficient (Wildman–Crippen LogP) is 8.53. The van der Waals surface area contributed by atoms with Crippen LogP contribution in [0, 0.1) is 11.8 Å². The Morgan fingerprint density at radius 1 is 0.592 bits per heavy atom. The maximum absolute atomic E-state index is 16.0. The Morgan fingerprint density at radius 2 is 1.02 bits per heavy atom. The number of aromatic carboxylic acids is 1. The summed E-state index contributed by atoms with van der Waals surface area (Å²) >= 11 is 19.0. The van der Waals surface area contributed by atoms with Crippen molar-refractivity contribution in [3.63, 3.8) is 0 Å². The predicted molar refractivity (Wildman–Crippen MR) is 189 cm³/mol. The molecule has 2 amide bonds. The second-order valence-corrected chi connectivity index (χ2v) is 13.7. The second-order valence-electron chi connectivity index (χ2n) is 12.4. The van der Waals surface area contributed by atoms with Crippen molar-refractivity contribution in [2.75, 3.05) is 4.90 Å². The minimum absolute atomic E-state index is 0.0413. The first-order valence-electron chi connectivity index (χ1n) is 15.5. The third kappa shape index (κ3) is 4.15. The molecule has 5 aromatic rings. The molecule has 1 heterocycles. The van der Waals surface area contributed by atoms with Gasteiger partial charge in [-0.15, -0.1) is 0 Å². The van der Waals surface area contributed by atoms with Crippen molar-refractivity contribution >= 4 is 75.2 Å². The van der Waals surface area contributed by atoms with E-state index in [0.717, 1.165) is 16.0 Å². The van der Waals surface area contributed by atoms with Crippen molar-refractivity contribution in [2.24, 2.45) is 11.8 Å². The highest BCUT2D eigenvalue weighted by Gasteiger charge is 2.82. The van der Waals surface area contributed by atoms with Gasteiger partial charge in [0.25, 0.3) is 0 Å². The summed E-state index contributed by atoms with van der Waals surface area (Å²) in [5.41, 5.74) is 0.208. The number of nitrogens with zero attached hydrogens (tertiary/aromatic N) is 1. The summed E-state index contributed by atoms with van der Waals surface area (Å²) in [6.45, 7) is 0. The SMILES string of the molecule is O=C(O)c1cc(N2C(=O)[C@H]3[C@H](C2=O)[C@@]2(c4ccc(Cl)cc4)C(=O)[C@@]3(c3ccc(Cl)cc3)C(c3ccccc3)=C2c2ccccc2)ccc1Cl. The molecule has 0 spiro atoms. The fourth-order valence-electron chi connectivity index (χ4n) is 8.43. The summed E-state index contributed by atoms with van der Waals surface area (Å²) in [5, 5.41) is 10.7. The van der Waals surface area contributed by atoms with Gasteiger partial charge in [0.15, 0.2) is 5.78 Å². The maximum Gasteiger partial charge on any atom is 0.337 e. The van der Waals surface area contributed by atoms with E-state index in [1.54, 1.807) is 48.5 Å². The Kier molecular flexibility index (Phi) is 7.20. The summed E-state index contributed by atoms with van der Waals surface area (Å²) in [7, 11) is 0. The zero-order chi connectivity index (χ0) is 34.2. The molecule has 2 bridgehead atoms. The van der Waals surface area contributed by atoms with Gasteiger partial charge in [0.1, 0.15) is 0 Å². The summed E-state index contributed by atoms with van der Waals surface area (Å²) in [6.07, 6.45) is 0. The zero-order valence-corrected chi connectivity index (χ0v) is 27.7. The van der Waals surface area contributed by atoms with Gasteiger partial charge in [-0.25, -0.2) is 9.69 Å². The summed E-state index contributed by atoms with van der Waals surface area (Å²) in [6, 6.07) is 36.6. The number of fused-ring (bicyclic) bond motifs is 5. The highest BCUT2D eigenvalue weighted by atomic mass is 35.5. The monoisotopic (exact) mass is 703 g/mol. The van der Waals surface area contributed by atoms with Crippen molar-refractivity contribution < 1.29 is 24.3 Å². The molecule has 1 aliphatic heterocycles. The van der Waals surface area contributed by atoms with E-state index in [-0.39, 0.29) is 22.1 Å². The van der Waals surface area contributed by atoms with Crippen molar-refractivity contribution in [2.45, 2.75) is 10.8 Å². The Labute approximate surface area is 296 Å². The van der Waals surface area contributed by atoms with E-state index in [4.69, 9.17) is 34.8 Å². The van der Waals surface area contributed by atoms with Crippen LogP contribution in [0.2, 0.25) is 15.1 Å². The molecular weight excluding hydrogens is 681 g/mol. The van der Waals surface area contributed by atoms with Gasteiger partial charge >= 0.3 is 5.97 Å². The van der Waals surface area contributed by atoms with Crippen LogP contribution >= 0.6 is 34.8 Å². The van der Waals surface area contributed by atoms with Gasteiger partial charge in [0, 0.05) is 10.0 Å². The van der Waals surface area contributed by atoms with Crippen LogP contribution in [-0.4, -0.2) is 28.7 Å². The number of allylic oxidation sites excluding steroid dienone is 2. The van der Waals surface area contributed by atoms with Crippen molar-refractivity contribution in [1.82, 2.24) is 0 Å². The van der Waals surface area contributed by atoms with E-state index in [0.29, 0.717) is 32.3 Å². The van der Waals surface area contributed by atoms with Gasteiger partial charge in [-0.1, -0.05) is 120 Å². The highest BCUT2D eigenvalue weighted by molar-refractivity contribution is 6.39. The smallest absolute Gasteiger partial charge is 0.337 e. The van der Waals surface area contributed by atoms with Crippen LogP contribution in [0.4, 0.5) is 5.69 Å². The molecule has 49 heavy (non-hydrogen) atoms. The molecular formula is C40H24Cl3NO5. The number of carbonyl (C=O) groups is 4. The number of anilines is 1. The lowest BCUT2D eigenvalue weighted by atomic mass is 9.59. The minimum atomic E-state index is -1.65. The van der Waals surface area contributed by atoms with Crippen LogP contribution in [-0.2, 0) is 25.2 Å². The van der Waals surface area contributed by atoms with Gasteiger partial charge in [0.2, 0.25) is 11.8 Å². The molecule has 0 radical (unpaired) electrons. The molecule has 2 fully saturated rings. The number of carbonyl (C=O) groups excluding carboxylic acids is 3. The standard InChI is InChI=1S/C40H24Cl3NO5/c41-26-15-11-24(12-16-26)39-31(22-7-3-1-4-8-22)32(23-9-5-2-6-10-23)40(38(39)49,25-13-17-27(42)18-14-25)34-33(39)35(45)44(36(34)46)28-19-20-30(43)29(21-28)37(47)48/h1-21,33-34H,(H,47,48)/t33-,34-,39+,40+/m1/s1. The topological polar surface area (TPSA) is 91.8 Å². The van der Waals surface area contributed by atoms with E-state index in [2.05, 4.69) is 0 Å². The van der Waals surface area contributed by atoms with Crippen LogP contribution < -0.4 is 4.90 Å². The minimum Gasteiger partial charge on any atom is -0.478 e. The molecule has 3 aliphatic rings. The number of amides is 2. The lowest BCUT2D eigenvalue weighted by molar-refractivity contribution is -0.130. The first-order valence-corrected chi connectivity index (χ1v) is 16.6. The number of benzene rings is 5. The zero-order valence-electron chi connectivity index (χ0n) is 25.4. The first-order chi connectivity index (χ1) is 23.6. The Bertz CT molecular complexity index is 2130. The average Bonchev–Trinajstić information content (AvgIpc) is 3.62. The fraction of sp³-hybridized carbons (Fsp3) is 0.100. The molecule has 1 saturated carbocycles. The number of ketones is 1. The molecule has 2 aliphatic carbocycles. The third-order valence-corrected chi connectivity index (χ3v) is 11.0. The normalized spacial score (nSPS) is 24.1. The molecule has 0 aromatic heterocycles. The second kappa shape index (κ2) is 11.3. The van der Waals surface area contributed by atoms with Gasteiger partial charge in [-0.2, -0.15) is 0 Å². The molecule has 240 valence electrons. The third-order valence-electron chi connectivity index (χ3n) is 10.2. The molecule has 9 heteroatoms. The van der Waals surface area contributed by atoms with Gasteiger partial charge in [0.05, 0.1) is 38.9 Å². The number of carboxylic acid groups (broad SMARTS) is 1. The largest absolute Gasteiger partial charge is 0.478 e. The Balaban J connectivity index is 1.53. The Morgan fingerprint density at radius 3 is 1.43 bits per heavy atom. The van der Waals surface area contributed by atoms with E-state index >= 15 is 14.4 Å². The lowest BCUT2D eigenvalue weighted by Crippen LogP contribution is -2.45. The molecule has 6 nitrogen and oxygen atoms in total. The van der Waals surface area contributed by atoms with Crippen LogP contribution in [0.5, 0.6) is 0 Å². The highest BCUT2D eigenvalue weighted by Crippen LogP contribution is 2.74. The molecule has 8 rings (SSSR count). The molecule has 4 atom stereocenters. The van der Waals surface area contributed by atoms with Crippen LogP contribution in [0.25, 0.3) is 11.1 Å². The van der Waals surface area contributed by atoms with Crippen LogP contribution in [0.15, 0.2) is 127 Å². The van der Waals surface area contributed by atoms with E-state index in [9.17, 15) is 9.90 Å². The van der Waals surface area contributed by atoms with Gasteiger partial charge < -0.3 is 5.11 Å². The van der Waals surface area contributed by atoms with E-state index in [1.807, 2.05) is 60.7 Å². The number of hydrogen-bond donors (Lipinski definition) is 1. The van der Waals surface area contributed by atoms with Gasteiger partial charge in [-0.3, -0.25) is 14.4 Å². The van der Waals surface area contributed by atoms with Crippen LogP contribution in [0.1, 0.15) is 32.6 Å². The summed E-state index contributed by atoms with van der Waals surface area (Å²) < 4.78 is 0. The Hall–Kier alpha value is -5.01. The average molecular weight is 705 g/mol. The fourth-order valence-corrected chi connectivity index (χ4v) is 8.88. The van der Waals surface area contributed by atoms with Crippen molar-refractivity contribution in [3.05, 3.63) is 170 Å². The number of rotatable bonds is 6. The number of halogens is 3. The summed E-state index contributed by atoms with van der Waals surface area (Å²) in [4.78, 5) is 59.3. The lowest BCUT2D eigenvalue weighted by Gasteiger charge is -2.39. The number of carboxylic acids is 1. The quantitative estimate of drug-likeness (QED) is 0.179. The molecule has 1 N–H and O–H groups in total. The summed E-state index contributed by atoms with van der Waals surface area (Å²) in [5.74, 6) is -5.24. The van der Waals surface area contributed by atoms with Crippen LogP contribution in [0.3, 0.4) is 0 Å². The molecule has 5 aromatic carbocycles. The van der Waals surface area contributed by atoms with Gasteiger partial charge in [-0.05, 0) is 75.9 Å². The van der Waals surface area contributed by atoms with Crippen molar-refractivity contribution in [1.29, 1.82) is 0 Å².